The van der Waals surface area contributed by atoms with Gasteiger partial charge in [-0.05, 0) is 62.6 Å². The van der Waals surface area contributed by atoms with Crippen molar-refractivity contribution in [1.29, 1.82) is 0 Å². The third kappa shape index (κ3) is 3.33. The molecule has 1 N–H and O–H groups in total. The van der Waals surface area contributed by atoms with Gasteiger partial charge in [0.25, 0.3) is 0 Å². The lowest BCUT2D eigenvalue weighted by Gasteiger charge is -2.45. The average molecular weight is 309 g/mol. The Morgan fingerprint density at radius 3 is 2.90 bits per heavy atom. The average Bonchev–Trinajstić information content (AvgIpc) is 2.91. The van der Waals surface area contributed by atoms with E-state index in [9.17, 15) is 0 Å². The molecule has 2 aliphatic rings. The summed E-state index contributed by atoms with van der Waals surface area (Å²) in [7, 11) is 0. The minimum Gasteiger partial charge on any atom is -0.469 e. The fourth-order valence-corrected chi connectivity index (χ4v) is 5.15. The summed E-state index contributed by atoms with van der Waals surface area (Å²) in [6.07, 6.45) is 6.60. The van der Waals surface area contributed by atoms with Crippen LogP contribution >= 0.6 is 11.8 Å². The van der Waals surface area contributed by atoms with Crippen LogP contribution in [0.1, 0.15) is 50.0 Å². The summed E-state index contributed by atoms with van der Waals surface area (Å²) in [5.74, 6) is 4.21. The largest absolute Gasteiger partial charge is 0.469 e. The normalized spacial score (nSPS) is 26.9. The number of hydrogen-bond acceptors (Lipinski definition) is 4. The van der Waals surface area contributed by atoms with Crippen molar-refractivity contribution >= 4 is 11.8 Å². The number of rotatable bonds is 4. The van der Waals surface area contributed by atoms with Crippen LogP contribution in [0.4, 0.5) is 0 Å². The number of thioether (sulfide) groups is 1. The molecule has 0 aromatic carbocycles. The minimum absolute atomic E-state index is 0.152. The smallest absolute Gasteiger partial charge is 0.105 e. The van der Waals surface area contributed by atoms with E-state index in [-0.39, 0.29) is 5.60 Å². The van der Waals surface area contributed by atoms with Crippen LogP contribution in [-0.2, 0) is 4.74 Å². The van der Waals surface area contributed by atoms with Gasteiger partial charge in [0.2, 0.25) is 0 Å². The Labute approximate surface area is 132 Å². The Morgan fingerprint density at radius 2 is 2.24 bits per heavy atom. The van der Waals surface area contributed by atoms with Gasteiger partial charge in [0, 0.05) is 18.2 Å². The van der Waals surface area contributed by atoms with Crippen LogP contribution in [0.15, 0.2) is 16.7 Å². The fraction of sp³-hybridized carbons (Fsp3) is 0.765. The van der Waals surface area contributed by atoms with Crippen LogP contribution in [0, 0.1) is 12.8 Å². The maximum atomic E-state index is 6.25. The molecule has 3 heterocycles. The van der Waals surface area contributed by atoms with Gasteiger partial charge in [0.1, 0.15) is 5.76 Å². The summed E-state index contributed by atoms with van der Waals surface area (Å²) < 4.78 is 11.8. The number of nitrogens with one attached hydrogen (secondary N) is 1. The minimum atomic E-state index is 0.152. The van der Waals surface area contributed by atoms with E-state index in [0.717, 1.165) is 25.3 Å². The van der Waals surface area contributed by atoms with Crippen LogP contribution in [0.3, 0.4) is 0 Å². The van der Waals surface area contributed by atoms with E-state index < -0.39 is 0 Å². The molecule has 0 aliphatic carbocycles. The standard InChI is InChI=1S/C17H27NO2S/c1-3-18-16(15-5-8-19-13(15)2)14-4-9-20-17(12-14)6-10-21-11-7-17/h5,8,14,16,18H,3-4,6-7,9-12H2,1-2H3. The summed E-state index contributed by atoms with van der Waals surface area (Å²) in [5.41, 5.74) is 1.49. The molecular weight excluding hydrogens is 282 g/mol. The highest BCUT2D eigenvalue weighted by Crippen LogP contribution is 2.44. The summed E-state index contributed by atoms with van der Waals surface area (Å²) >= 11 is 2.07. The van der Waals surface area contributed by atoms with Crippen molar-refractivity contribution in [2.75, 3.05) is 24.7 Å². The molecule has 1 spiro atoms. The zero-order valence-electron chi connectivity index (χ0n) is 13.2. The Morgan fingerprint density at radius 1 is 1.43 bits per heavy atom. The summed E-state index contributed by atoms with van der Waals surface area (Å²) in [6, 6.07) is 2.55. The van der Waals surface area contributed by atoms with Crippen molar-refractivity contribution in [3.63, 3.8) is 0 Å². The molecule has 1 aromatic rings. The SMILES string of the molecule is CCNC(c1ccoc1C)C1CCOC2(CCSCC2)C1. The van der Waals surface area contributed by atoms with Gasteiger partial charge in [-0.3, -0.25) is 0 Å². The topological polar surface area (TPSA) is 34.4 Å². The van der Waals surface area contributed by atoms with E-state index in [4.69, 9.17) is 9.15 Å². The predicted octanol–water partition coefficient (Wildman–Crippen LogP) is 3.93. The Balaban J connectivity index is 1.77. The molecule has 2 atom stereocenters. The molecule has 3 rings (SSSR count). The molecule has 2 unspecified atom stereocenters. The lowest BCUT2D eigenvalue weighted by atomic mass is 9.77. The first-order valence-electron chi connectivity index (χ1n) is 8.23. The number of ether oxygens (including phenoxy) is 1. The molecule has 0 bridgehead atoms. The van der Waals surface area contributed by atoms with E-state index in [1.807, 2.05) is 6.26 Å². The van der Waals surface area contributed by atoms with Gasteiger partial charge in [0.05, 0.1) is 11.9 Å². The van der Waals surface area contributed by atoms with Crippen LogP contribution in [0.25, 0.3) is 0 Å². The molecule has 0 amide bonds. The third-order valence-electron chi connectivity index (χ3n) is 5.06. The molecular formula is C17H27NO2S. The number of hydrogen-bond donors (Lipinski definition) is 1. The van der Waals surface area contributed by atoms with Gasteiger partial charge in [-0.2, -0.15) is 11.8 Å². The molecule has 118 valence electrons. The van der Waals surface area contributed by atoms with Crippen LogP contribution in [0.2, 0.25) is 0 Å². The highest BCUT2D eigenvalue weighted by atomic mass is 32.2. The van der Waals surface area contributed by atoms with Gasteiger partial charge in [-0.25, -0.2) is 0 Å². The van der Waals surface area contributed by atoms with Crippen LogP contribution < -0.4 is 5.32 Å². The zero-order valence-corrected chi connectivity index (χ0v) is 14.0. The van der Waals surface area contributed by atoms with Gasteiger partial charge in [0.15, 0.2) is 0 Å². The van der Waals surface area contributed by atoms with E-state index >= 15 is 0 Å². The highest BCUT2D eigenvalue weighted by molar-refractivity contribution is 7.99. The first-order chi connectivity index (χ1) is 10.2. The quantitative estimate of drug-likeness (QED) is 0.914. The third-order valence-corrected chi connectivity index (χ3v) is 6.05. The molecule has 4 heteroatoms. The predicted molar refractivity (Wildman–Crippen MR) is 87.8 cm³/mol. The Bertz CT molecular complexity index is 448. The lowest BCUT2D eigenvalue weighted by molar-refractivity contribution is -0.107. The van der Waals surface area contributed by atoms with E-state index in [1.54, 1.807) is 0 Å². The maximum absolute atomic E-state index is 6.25. The second-order valence-corrected chi connectivity index (χ2v) is 7.59. The summed E-state index contributed by atoms with van der Waals surface area (Å²) in [6.45, 7) is 6.17. The molecule has 1 aromatic heterocycles. The maximum Gasteiger partial charge on any atom is 0.105 e. The Kier molecular flexibility index (Phi) is 4.97. The second kappa shape index (κ2) is 6.76. The van der Waals surface area contributed by atoms with E-state index in [2.05, 4.69) is 37.0 Å². The van der Waals surface area contributed by atoms with Crippen molar-refractivity contribution in [3.8, 4) is 0 Å². The van der Waals surface area contributed by atoms with Gasteiger partial charge >= 0.3 is 0 Å². The van der Waals surface area contributed by atoms with Crippen LogP contribution in [-0.4, -0.2) is 30.3 Å². The highest BCUT2D eigenvalue weighted by Gasteiger charge is 2.41. The zero-order chi connectivity index (χ0) is 14.7. The first-order valence-corrected chi connectivity index (χ1v) is 9.39. The second-order valence-electron chi connectivity index (χ2n) is 6.36. The van der Waals surface area contributed by atoms with Gasteiger partial charge < -0.3 is 14.5 Å². The van der Waals surface area contributed by atoms with Crippen molar-refractivity contribution in [3.05, 3.63) is 23.7 Å². The van der Waals surface area contributed by atoms with Gasteiger partial charge in [-0.15, -0.1) is 0 Å². The van der Waals surface area contributed by atoms with Crippen molar-refractivity contribution in [2.24, 2.45) is 5.92 Å². The molecule has 0 saturated carbocycles. The fourth-order valence-electron chi connectivity index (χ4n) is 3.91. The number of aryl methyl sites for hydroxylation is 1. The molecule has 2 fully saturated rings. The van der Waals surface area contributed by atoms with E-state index in [0.29, 0.717) is 12.0 Å². The molecule has 21 heavy (non-hydrogen) atoms. The molecule has 3 nitrogen and oxygen atoms in total. The van der Waals surface area contributed by atoms with Crippen molar-refractivity contribution in [2.45, 2.75) is 51.2 Å². The summed E-state index contributed by atoms with van der Waals surface area (Å²) in [5, 5.41) is 3.70. The number of furan rings is 1. The van der Waals surface area contributed by atoms with Gasteiger partial charge in [-0.1, -0.05) is 6.92 Å². The first kappa shape index (κ1) is 15.4. The van der Waals surface area contributed by atoms with Crippen molar-refractivity contribution < 1.29 is 9.15 Å². The lowest BCUT2D eigenvalue weighted by Crippen LogP contribution is -2.45. The molecule has 2 aliphatic heterocycles. The molecule has 2 saturated heterocycles. The monoisotopic (exact) mass is 309 g/mol. The van der Waals surface area contributed by atoms with E-state index in [1.165, 1.54) is 36.3 Å². The van der Waals surface area contributed by atoms with Crippen molar-refractivity contribution in [1.82, 2.24) is 5.32 Å². The molecule has 0 radical (unpaired) electrons. The Hall–Kier alpha value is -0.450. The summed E-state index contributed by atoms with van der Waals surface area (Å²) in [4.78, 5) is 0. The van der Waals surface area contributed by atoms with Crippen LogP contribution in [0.5, 0.6) is 0 Å².